The summed E-state index contributed by atoms with van der Waals surface area (Å²) >= 11 is 0. The van der Waals surface area contributed by atoms with E-state index in [2.05, 4.69) is 54.2 Å². The summed E-state index contributed by atoms with van der Waals surface area (Å²) in [5.74, 6) is 2.33. The molecule has 6 heteroatoms. The number of likely N-dealkylation sites (tertiary alicyclic amines) is 1. The second-order valence-corrected chi connectivity index (χ2v) is 20.6. The molecule has 1 saturated heterocycles. The van der Waals surface area contributed by atoms with Crippen molar-refractivity contribution in [2.24, 2.45) is 5.92 Å². The number of carbonyl (C=O) groups excluding carboxylic acids is 1. The van der Waals surface area contributed by atoms with E-state index in [1.807, 2.05) is 0 Å². The average Bonchev–Trinajstić information content (AvgIpc) is 4.03. The average molecular weight is 886 g/mol. The van der Waals surface area contributed by atoms with Crippen molar-refractivity contribution in [2.75, 3.05) is 78.6 Å². The number of hydrogen-bond acceptors (Lipinski definition) is 5. The first-order valence-electron chi connectivity index (χ1n) is 28.8. The molecule has 372 valence electrons. The van der Waals surface area contributed by atoms with Gasteiger partial charge in [-0.1, -0.05) is 202 Å². The van der Waals surface area contributed by atoms with Crippen molar-refractivity contribution in [3.63, 3.8) is 0 Å². The van der Waals surface area contributed by atoms with Gasteiger partial charge in [-0.15, -0.1) is 0 Å². The maximum Gasteiger partial charge on any atom is 0.236 e. The van der Waals surface area contributed by atoms with Gasteiger partial charge in [-0.2, -0.15) is 0 Å². The van der Waals surface area contributed by atoms with Crippen LogP contribution in [0.25, 0.3) is 0 Å². The van der Waals surface area contributed by atoms with E-state index in [9.17, 15) is 4.79 Å². The molecule has 0 spiro atoms. The summed E-state index contributed by atoms with van der Waals surface area (Å²) in [4.78, 5) is 24.6. The lowest BCUT2D eigenvalue weighted by molar-refractivity contribution is -0.131. The van der Waals surface area contributed by atoms with Gasteiger partial charge in [-0.05, 0) is 102 Å². The highest BCUT2D eigenvalue weighted by Crippen LogP contribution is 2.34. The lowest BCUT2D eigenvalue weighted by Gasteiger charge is -2.29. The Morgan fingerprint density at radius 2 is 0.873 bits per heavy atom. The molecule has 1 aliphatic heterocycles. The van der Waals surface area contributed by atoms with Crippen LogP contribution in [-0.2, 0) is 9.53 Å². The molecule has 0 aromatic carbocycles. The molecule has 63 heavy (non-hydrogen) atoms. The molecule has 6 nitrogen and oxygen atoms in total. The second-order valence-electron chi connectivity index (χ2n) is 20.6. The Kier molecular flexibility index (Phi) is 38.9. The van der Waals surface area contributed by atoms with Crippen LogP contribution in [0.3, 0.4) is 0 Å². The van der Waals surface area contributed by atoms with Crippen LogP contribution in [0.15, 0.2) is 11.3 Å². The number of nitrogens with zero attached hydrogens (tertiary/aromatic N) is 4. The Bertz CT molecular complexity index is 1030. The number of unbranched alkanes of at least 4 members (excludes halogenated alkanes) is 26. The van der Waals surface area contributed by atoms with Crippen LogP contribution in [0.2, 0.25) is 0 Å². The van der Waals surface area contributed by atoms with Gasteiger partial charge in [0.15, 0.2) is 0 Å². The predicted molar refractivity (Wildman–Crippen MR) is 277 cm³/mol. The number of hydrogen-bond donors (Lipinski definition) is 0. The van der Waals surface area contributed by atoms with Crippen molar-refractivity contribution in [3.8, 4) is 0 Å². The molecule has 1 amide bonds. The summed E-state index contributed by atoms with van der Waals surface area (Å²) in [5.41, 5.74) is 1.59. The molecule has 1 saturated carbocycles. The molecule has 0 bridgehead atoms. The zero-order valence-corrected chi connectivity index (χ0v) is 43.6. The highest BCUT2D eigenvalue weighted by atomic mass is 16.5. The summed E-state index contributed by atoms with van der Waals surface area (Å²) < 4.78 is 6.37. The lowest BCUT2D eigenvalue weighted by Crippen LogP contribution is -2.43. The van der Waals surface area contributed by atoms with Crippen molar-refractivity contribution in [1.82, 2.24) is 19.6 Å². The van der Waals surface area contributed by atoms with E-state index < -0.39 is 0 Å². The van der Waals surface area contributed by atoms with Crippen LogP contribution >= 0.6 is 0 Å². The first kappa shape index (κ1) is 58.0. The Hall–Kier alpha value is -1.11. The normalized spacial score (nSPS) is 15.2. The van der Waals surface area contributed by atoms with Crippen LogP contribution in [-0.4, -0.2) is 104 Å². The van der Waals surface area contributed by atoms with Gasteiger partial charge >= 0.3 is 0 Å². The molecular formula is C57H112N4O2. The van der Waals surface area contributed by atoms with Crippen LogP contribution in [0.1, 0.15) is 266 Å². The Morgan fingerprint density at radius 3 is 1.35 bits per heavy atom. The van der Waals surface area contributed by atoms with Gasteiger partial charge in [0.05, 0.1) is 18.9 Å². The van der Waals surface area contributed by atoms with Crippen molar-refractivity contribution in [1.29, 1.82) is 0 Å². The maximum atomic E-state index is 14.2. The molecule has 1 heterocycles. The molecule has 1 aliphatic carbocycles. The van der Waals surface area contributed by atoms with E-state index in [1.54, 1.807) is 5.57 Å². The van der Waals surface area contributed by atoms with Gasteiger partial charge in [-0.3, -0.25) is 9.69 Å². The molecule has 0 N–H and O–H groups in total. The van der Waals surface area contributed by atoms with Gasteiger partial charge in [0, 0.05) is 39.1 Å². The van der Waals surface area contributed by atoms with Crippen LogP contribution in [0.5, 0.6) is 0 Å². The molecule has 0 aromatic heterocycles. The molecule has 1 atom stereocenters. The van der Waals surface area contributed by atoms with Crippen LogP contribution < -0.4 is 0 Å². The first-order chi connectivity index (χ1) is 31.0. The van der Waals surface area contributed by atoms with E-state index in [4.69, 9.17) is 4.74 Å². The first-order valence-corrected chi connectivity index (χ1v) is 28.8. The maximum absolute atomic E-state index is 14.2. The number of allylic oxidation sites excluding steroid dienone is 2. The number of ether oxygens (including phenoxy) is 1. The Labute approximate surface area is 395 Å². The fourth-order valence-corrected chi connectivity index (χ4v) is 9.92. The van der Waals surface area contributed by atoms with Crippen LogP contribution in [0, 0.1) is 5.92 Å². The zero-order valence-electron chi connectivity index (χ0n) is 43.6. The summed E-state index contributed by atoms with van der Waals surface area (Å²) in [6.07, 6.45) is 47.8. The standard InChI is InChI=1S/C57H112N4O2/c1-6-11-16-20-24-28-32-42-58(43-33-29-25-21-17-12-7-2)48-49-60(45-35-31-27-23-19-14-9-4)53-57(62)61-47-41-54(52-61)51-59(44-34-30-26-22-18-13-8-3)46-37-38-56(55-39-40-55)63-50-36-15-10-5/h54H,6-53H2,1-5H3. The third-order valence-electron chi connectivity index (χ3n) is 14.4. The van der Waals surface area contributed by atoms with Gasteiger partial charge in [0.2, 0.25) is 5.91 Å². The van der Waals surface area contributed by atoms with Crippen molar-refractivity contribution in [3.05, 3.63) is 11.3 Å². The fraction of sp³-hybridized carbons (Fsp3) is 0.947. The minimum absolute atomic E-state index is 0.394. The smallest absolute Gasteiger partial charge is 0.236 e. The third kappa shape index (κ3) is 33.1. The molecule has 1 unspecified atom stereocenters. The molecule has 2 fully saturated rings. The van der Waals surface area contributed by atoms with E-state index in [0.29, 0.717) is 18.4 Å². The largest absolute Gasteiger partial charge is 0.498 e. The molecular weight excluding hydrogens is 773 g/mol. The van der Waals surface area contributed by atoms with Gasteiger partial charge < -0.3 is 19.4 Å². The van der Waals surface area contributed by atoms with Gasteiger partial charge in [0.25, 0.3) is 0 Å². The van der Waals surface area contributed by atoms with E-state index in [-0.39, 0.29) is 0 Å². The number of carbonyl (C=O) groups is 1. The highest BCUT2D eigenvalue weighted by Gasteiger charge is 2.29. The number of amides is 1. The van der Waals surface area contributed by atoms with E-state index in [1.165, 1.54) is 244 Å². The lowest BCUT2D eigenvalue weighted by atomic mass is 10.1. The molecule has 2 aliphatic rings. The monoisotopic (exact) mass is 885 g/mol. The minimum atomic E-state index is 0.394. The van der Waals surface area contributed by atoms with Crippen molar-refractivity contribution in [2.45, 2.75) is 266 Å². The summed E-state index contributed by atoms with van der Waals surface area (Å²) in [6, 6.07) is 0. The van der Waals surface area contributed by atoms with Crippen molar-refractivity contribution >= 4 is 5.91 Å². The zero-order chi connectivity index (χ0) is 45.3. The highest BCUT2D eigenvalue weighted by molar-refractivity contribution is 5.78. The summed E-state index contributed by atoms with van der Waals surface area (Å²) in [5, 5.41) is 0. The molecule has 2 rings (SSSR count). The van der Waals surface area contributed by atoms with Gasteiger partial charge in [-0.25, -0.2) is 0 Å². The van der Waals surface area contributed by atoms with E-state index in [0.717, 1.165) is 65.3 Å². The van der Waals surface area contributed by atoms with Crippen LogP contribution in [0.4, 0.5) is 0 Å². The second kappa shape index (κ2) is 42.3. The predicted octanol–water partition coefficient (Wildman–Crippen LogP) is 15.8. The molecule has 0 radical (unpaired) electrons. The third-order valence-corrected chi connectivity index (χ3v) is 14.4. The number of rotatable bonds is 48. The van der Waals surface area contributed by atoms with Crippen molar-refractivity contribution < 1.29 is 9.53 Å². The quantitative estimate of drug-likeness (QED) is 0.0450. The summed E-state index contributed by atoms with van der Waals surface area (Å²) in [7, 11) is 0. The Balaban J connectivity index is 1.98. The topological polar surface area (TPSA) is 39.3 Å². The SMILES string of the molecule is CCCCCCCCCN(CCCCCCCCC)CCN(CCCCCCCCC)CC(=O)N1CCC(CN(CCCCCCCCC)CCCC(OCCCCC)=C2CC2)C1. The van der Waals surface area contributed by atoms with Gasteiger partial charge in [0.1, 0.15) is 0 Å². The molecule has 0 aromatic rings. The Morgan fingerprint density at radius 1 is 0.476 bits per heavy atom. The van der Waals surface area contributed by atoms with E-state index >= 15 is 0 Å². The minimum Gasteiger partial charge on any atom is -0.498 e. The summed E-state index contributed by atoms with van der Waals surface area (Å²) in [6.45, 7) is 24.2. The fourth-order valence-electron chi connectivity index (χ4n) is 9.92.